The molecule has 27 heavy (non-hydrogen) atoms. The SMILES string of the molecule is COc1ccc(CCNC(=O)c2ccc(COc3ccccc3F)o2)cc1. The lowest BCUT2D eigenvalue weighted by molar-refractivity contribution is 0.0922. The minimum atomic E-state index is -0.444. The van der Waals surface area contributed by atoms with Crippen LogP contribution in [0.15, 0.2) is 65.1 Å². The lowest BCUT2D eigenvalue weighted by Crippen LogP contribution is -2.25. The number of amides is 1. The molecule has 3 rings (SSSR count). The Morgan fingerprint density at radius 3 is 2.59 bits per heavy atom. The maximum absolute atomic E-state index is 13.5. The molecule has 0 radical (unpaired) electrons. The maximum atomic E-state index is 13.5. The highest BCUT2D eigenvalue weighted by Crippen LogP contribution is 2.18. The third-order valence-corrected chi connectivity index (χ3v) is 3.95. The van der Waals surface area contributed by atoms with Gasteiger partial charge in [0.1, 0.15) is 18.1 Å². The molecule has 1 amide bonds. The number of benzene rings is 2. The number of para-hydroxylation sites is 1. The van der Waals surface area contributed by atoms with Crippen molar-refractivity contribution in [3.05, 3.63) is 83.6 Å². The molecule has 0 fully saturated rings. The summed E-state index contributed by atoms with van der Waals surface area (Å²) in [6, 6.07) is 17.0. The van der Waals surface area contributed by atoms with Gasteiger partial charge in [-0.1, -0.05) is 24.3 Å². The van der Waals surface area contributed by atoms with Gasteiger partial charge in [0, 0.05) is 6.54 Å². The molecule has 0 unspecified atom stereocenters. The Hall–Kier alpha value is -3.28. The van der Waals surface area contributed by atoms with Crippen LogP contribution in [0, 0.1) is 5.82 Å². The minimum absolute atomic E-state index is 0.0417. The number of ether oxygens (including phenoxy) is 2. The van der Waals surface area contributed by atoms with Gasteiger partial charge >= 0.3 is 0 Å². The zero-order valence-electron chi connectivity index (χ0n) is 14.9. The number of hydrogen-bond acceptors (Lipinski definition) is 4. The Bertz CT molecular complexity index is 889. The summed E-state index contributed by atoms with van der Waals surface area (Å²) in [5.41, 5.74) is 1.09. The third-order valence-electron chi connectivity index (χ3n) is 3.95. The second-order valence-corrected chi connectivity index (χ2v) is 5.84. The summed E-state index contributed by atoms with van der Waals surface area (Å²) in [6.45, 7) is 0.521. The smallest absolute Gasteiger partial charge is 0.287 e. The third kappa shape index (κ3) is 5.10. The van der Waals surface area contributed by atoms with Gasteiger partial charge in [-0.3, -0.25) is 4.79 Å². The number of hydrogen-bond donors (Lipinski definition) is 1. The Morgan fingerprint density at radius 1 is 1.07 bits per heavy atom. The molecule has 0 saturated heterocycles. The molecule has 1 heterocycles. The van der Waals surface area contributed by atoms with E-state index in [2.05, 4.69) is 5.32 Å². The molecule has 2 aromatic carbocycles. The maximum Gasteiger partial charge on any atom is 0.287 e. The van der Waals surface area contributed by atoms with Crippen LogP contribution in [-0.4, -0.2) is 19.6 Å². The monoisotopic (exact) mass is 369 g/mol. The van der Waals surface area contributed by atoms with Crippen molar-refractivity contribution in [1.29, 1.82) is 0 Å². The van der Waals surface area contributed by atoms with Crippen LogP contribution < -0.4 is 14.8 Å². The fourth-order valence-electron chi connectivity index (χ4n) is 2.49. The average molecular weight is 369 g/mol. The fraction of sp³-hybridized carbons (Fsp3) is 0.190. The molecular formula is C21H20FNO4. The van der Waals surface area contributed by atoms with E-state index in [0.29, 0.717) is 18.7 Å². The normalized spacial score (nSPS) is 10.4. The molecule has 0 bridgehead atoms. The van der Waals surface area contributed by atoms with Gasteiger partial charge in [-0.2, -0.15) is 0 Å². The Kier molecular flexibility index (Phi) is 6.10. The number of carbonyl (C=O) groups is 1. The van der Waals surface area contributed by atoms with Crippen molar-refractivity contribution >= 4 is 5.91 Å². The Labute approximate surface area is 156 Å². The first kappa shape index (κ1) is 18.5. The van der Waals surface area contributed by atoms with Gasteiger partial charge in [-0.05, 0) is 48.4 Å². The van der Waals surface area contributed by atoms with Gasteiger partial charge in [0.05, 0.1) is 7.11 Å². The molecule has 0 saturated carbocycles. The van der Waals surface area contributed by atoms with Crippen LogP contribution in [0.2, 0.25) is 0 Å². The van der Waals surface area contributed by atoms with Crippen LogP contribution in [0.3, 0.4) is 0 Å². The minimum Gasteiger partial charge on any atom is -0.497 e. The standard InChI is InChI=1S/C21H20FNO4/c1-25-16-8-6-15(7-9-16)12-13-23-21(24)20-11-10-17(27-20)14-26-19-5-3-2-4-18(19)22/h2-11H,12-14H2,1H3,(H,23,24). The number of furan rings is 1. The van der Waals surface area contributed by atoms with Gasteiger partial charge in [0.25, 0.3) is 5.91 Å². The van der Waals surface area contributed by atoms with Gasteiger partial charge in [-0.25, -0.2) is 4.39 Å². The molecule has 1 N–H and O–H groups in total. The second-order valence-electron chi connectivity index (χ2n) is 5.84. The highest BCUT2D eigenvalue weighted by molar-refractivity contribution is 5.91. The van der Waals surface area contributed by atoms with Gasteiger partial charge < -0.3 is 19.2 Å². The van der Waals surface area contributed by atoms with Crippen LogP contribution in [0.25, 0.3) is 0 Å². The van der Waals surface area contributed by atoms with Crippen molar-refractivity contribution < 1.29 is 23.1 Å². The van der Waals surface area contributed by atoms with Crippen LogP contribution in [-0.2, 0) is 13.0 Å². The molecule has 0 aliphatic carbocycles. The van der Waals surface area contributed by atoms with Crippen LogP contribution in [0.1, 0.15) is 21.9 Å². The summed E-state index contributed by atoms with van der Waals surface area (Å²) >= 11 is 0. The van der Waals surface area contributed by atoms with E-state index in [1.54, 1.807) is 31.4 Å². The van der Waals surface area contributed by atoms with E-state index in [-0.39, 0.29) is 24.0 Å². The van der Waals surface area contributed by atoms with E-state index in [4.69, 9.17) is 13.9 Å². The first-order chi connectivity index (χ1) is 13.2. The first-order valence-electron chi connectivity index (χ1n) is 8.53. The lowest BCUT2D eigenvalue weighted by Gasteiger charge is -2.06. The van der Waals surface area contributed by atoms with E-state index >= 15 is 0 Å². The number of carbonyl (C=O) groups excluding carboxylic acids is 1. The molecule has 0 aliphatic rings. The highest BCUT2D eigenvalue weighted by atomic mass is 19.1. The van der Waals surface area contributed by atoms with Crippen molar-refractivity contribution in [2.45, 2.75) is 13.0 Å². The van der Waals surface area contributed by atoms with E-state index in [1.165, 1.54) is 12.1 Å². The quantitative estimate of drug-likeness (QED) is 0.652. The van der Waals surface area contributed by atoms with E-state index in [1.807, 2.05) is 24.3 Å². The number of rotatable bonds is 8. The zero-order chi connectivity index (χ0) is 19.1. The fourth-order valence-corrected chi connectivity index (χ4v) is 2.49. The predicted octanol–water partition coefficient (Wildman–Crippen LogP) is 3.98. The van der Waals surface area contributed by atoms with Gasteiger partial charge in [0.2, 0.25) is 0 Å². The summed E-state index contributed by atoms with van der Waals surface area (Å²) in [4.78, 5) is 12.2. The average Bonchev–Trinajstić information content (AvgIpc) is 3.17. The van der Waals surface area contributed by atoms with Crippen LogP contribution in [0.4, 0.5) is 4.39 Å². The molecule has 1 aromatic heterocycles. The summed E-state index contributed by atoms with van der Waals surface area (Å²) in [7, 11) is 1.62. The van der Waals surface area contributed by atoms with E-state index < -0.39 is 5.82 Å². The molecule has 3 aromatic rings. The van der Waals surface area contributed by atoms with Crippen molar-refractivity contribution in [3.8, 4) is 11.5 Å². The Balaban J connectivity index is 1.47. The predicted molar refractivity (Wildman–Crippen MR) is 98.5 cm³/mol. The van der Waals surface area contributed by atoms with Crippen LogP contribution >= 0.6 is 0 Å². The molecule has 0 aliphatic heterocycles. The van der Waals surface area contributed by atoms with E-state index in [0.717, 1.165) is 11.3 Å². The molecule has 0 atom stereocenters. The number of halogens is 1. The lowest BCUT2D eigenvalue weighted by atomic mass is 10.1. The zero-order valence-corrected chi connectivity index (χ0v) is 14.9. The van der Waals surface area contributed by atoms with E-state index in [9.17, 15) is 9.18 Å². The largest absolute Gasteiger partial charge is 0.497 e. The van der Waals surface area contributed by atoms with Crippen molar-refractivity contribution in [3.63, 3.8) is 0 Å². The Morgan fingerprint density at radius 2 is 1.85 bits per heavy atom. The van der Waals surface area contributed by atoms with Crippen molar-refractivity contribution in [2.24, 2.45) is 0 Å². The molecule has 6 heteroatoms. The topological polar surface area (TPSA) is 60.7 Å². The van der Waals surface area contributed by atoms with Gasteiger partial charge in [-0.15, -0.1) is 0 Å². The summed E-state index contributed by atoms with van der Waals surface area (Å²) in [5, 5.41) is 2.81. The summed E-state index contributed by atoms with van der Waals surface area (Å²) < 4.78 is 29.5. The number of methoxy groups -OCH3 is 1. The van der Waals surface area contributed by atoms with Crippen LogP contribution in [0.5, 0.6) is 11.5 Å². The second kappa shape index (κ2) is 8.89. The highest BCUT2D eigenvalue weighted by Gasteiger charge is 2.12. The van der Waals surface area contributed by atoms with Crippen molar-refractivity contribution in [2.75, 3.05) is 13.7 Å². The molecule has 140 valence electrons. The number of nitrogens with one attached hydrogen (secondary N) is 1. The molecular weight excluding hydrogens is 349 g/mol. The molecule has 5 nitrogen and oxygen atoms in total. The van der Waals surface area contributed by atoms with Crippen molar-refractivity contribution in [1.82, 2.24) is 5.32 Å². The van der Waals surface area contributed by atoms with Gasteiger partial charge in [0.15, 0.2) is 17.3 Å². The summed E-state index contributed by atoms with van der Waals surface area (Å²) in [5.74, 6) is 0.819. The molecule has 0 spiro atoms. The summed E-state index contributed by atoms with van der Waals surface area (Å²) in [6.07, 6.45) is 0.694. The first-order valence-corrected chi connectivity index (χ1v) is 8.53.